The van der Waals surface area contributed by atoms with Crippen LogP contribution >= 0.6 is 11.6 Å². The second kappa shape index (κ2) is 6.19. The van der Waals surface area contributed by atoms with E-state index in [0.717, 1.165) is 12.1 Å². The summed E-state index contributed by atoms with van der Waals surface area (Å²) < 4.78 is 17.8. The van der Waals surface area contributed by atoms with Gasteiger partial charge in [0.1, 0.15) is 16.5 Å². The molecule has 1 heterocycles. The van der Waals surface area contributed by atoms with Gasteiger partial charge in [0.05, 0.1) is 11.1 Å². The molecular weight excluding hydrogens is 303 g/mol. The van der Waals surface area contributed by atoms with Crippen LogP contribution in [0.3, 0.4) is 0 Å². The number of carbonyl (C=O) groups excluding carboxylic acids is 1. The molecule has 21 heavy (non-hydrogen) atoms. The molecule has 0 saturated carbocycles. The minimum Gasteiger partial charge on any atom is -0.401 e. The van der Waals surface area contributed by atoms with Crippen molar-refractivity contribution in [2.45, 2.75) is 0 Å². The summed E-state index contributed by atoms with van der Waals surface area (Å²) >= 11 is 5.58. The molecule has 1 aromatic carbocycles. The lowest BCUT2D eigenvalue weighted by Gasteiger charge is -2.02. The molecule has 0 aliphatic heterocycles. The van der Waals surface area contributed by atoms with Gasteiger partial charge in [-0.1, -0.05) is 11.6 Å². The van der Waals surface area contributed by atoms with E-state index in [1.165, 1.54) is 30.3 Å². The standard InChI is InChI=1S/C13H8ClFN2O4/c14-10-7-8(1-4-11(10)15)16-12(18)5-2-9-3-6-13(21-9)17(19)20/h1-7H,(H,16,18)/b5-2+. The minimum atomic E-state index is -0.683. The van der Waals surface area contributed by atoms with E-state index in [2.05, 4.69) is 5.32 Å². The Labute approximate surface area is 123 Å². The molecule has 0 unspecified atom stereocenters. The van der Waals surface area contributed by atoms with Gasteiger partial charge in [0, 0.05) is 11.8 Å². The maximum atomic E-state index is 12.9. The largest absolute Gasteiger partial charge is 0.433 e. The molecule has 0 spiro atoms. The van der Waals surface area contributed by atoms with Gasteiger partial charge in [-0.3, -0.25) is 14.9 Å². The van der Waals surface area contributed by atoms with Gasteiger partial charge in [0.2, 0.25) is 5.91 Å². The fourth-order valence-electron chi connectivity index (χ4n) is 1.45. The minimum absolute atomic E-state index is 0.113. The Hall–Kier alpha value is -2.67. The topological polar surface area (TPSA) is 85.4 Å². The van der Waals surface area contributed by atoms with Gasteiger partial charge >= 0.3 is 5.88 Å². The molecule has 0 aliphatic rings. The van der Waals surface area contributed by atoms with E-state index in [1.54, 1.807) is 0 Å². The molecule has 0 aliphatic carbocycles. The number of furan rings is 1. The molecule has 0 bridgehead atoms. The predicted octanol–water partition coefficient (Wildman–Crippen LogP) is 3.63. The van der Waals surface area contributed by atoms with Gasteiger partial charge in [-0.25, -0.2) is 4.39 Å². The Balaban J connectivity index is 2.01. The van der Waals surface area contributed by atoms with E-state index >= 15 is 0 Å². The summed E-state index contributed by atoms with van der Waals surface area (Å²) in [5.41, 5.74) is 0.321. The smallest absolute Gasteiger partial charge is 0.401 e. The number of amides is 1. The number of nitro groups is 1. The van der Waals surface area contributed by atoms with Gasteiger partial charge in [-0.05, 0) is 30.3 Å². The number of halogens is 2. The second-order valence-electron chi connectivity index (χ2n) is 3.88. The Bertz CT molecular complexity index is 727. The van der Waals surface area contributed by atoms with Crippen molar-refractivity contribution in [3.8, 4) is 0 Å². The molecule has 0 saturated heterocycles. The third kappa shape index (κ3) is 3.90. The van der Waals surface area contributed by atoms with Crippen LogP contribution in [-0.2, 0) is 4.79 Å². The van der Waals surface area contributed by atoms with Gasteiger partial charge in [-0.15, -0.1) is 0 Å². The zero-order valence-electron chi connectivity index (χ0n) is 10.4. The highest BCUT2D eigenvalue weighted by Gasteiger charge is 2.10. The van der Waals surface area contributed by atoms with Crippen molar-refractivity contribution in [1.82, 2.24) is 0 Å². The number of nitrogens with one attached hydrogen (secondary N) is 1. The average molecular weight is 311 g/mol. The molecule has 2 rings (SSSR count). The summed E-state index contributed by atoms with van der Waals surface area (Å²) in [6.45, 7) is 0. The Morgan fingerprint density at radius 3 is 2.76 bits per heavy atom. The van der Waals surface area contributed by atoms with Crippen LogP contribution < -0.4 is 5.32 Å². The molecule has 1 aromatic heterocycles. The maximum Gasteiger partial charge on any atom is 0.433 e. The number of hydrogen-bond donors (Lipinski definition) is 1. The summed E-state index contributed by atoms with van der Waals surface area (Å²) in [5, 5.41) is 12.8. The molecule has 0 fully saturated rings. The van der Waals surface area contributed by atoms with E-state index in [1.807, 2.05) is 0 Å². The van der Waals surface area contributed by atoms with Gasteiger partial charge < -0.3 is 9.73 Å². The zero-order valence-corrected chi connectivity index (χ0v) is 11.1. The summed E-state index contributed by atoms with van der Waals surface area (Å²) in [5.74, 6) is -1.36. The van der Waals surface area contributed by atoms with Crippen LogP contribution in [0, 0.1) is 15.9 Å². The fraction of sp³-hybridized carbons (Fsp3) is 0. The molecule has 1 amide bonds. The lowest BCUT2D eigenvalue weighted by Crippen LogP contribution is -2.07. The van der Waals surface area contributed by atoms with Crippen molar-refractivity contribution < 1.29 is 18.5 Å². The third-order valence-corrected chi connectivity index (χ3v) is 2.67. The summed E-state index contributed by atoms with van der Waals surface area (Å²) in [7, 11) is 0. The molecule has 1 N–H and O–H groups in total. The number of benzene rings is 1. The first-order chi connectivity index (χ1) is 9.95. The molecule has 0 atom stereocenters. The highest BCUT2D eigenvalue weighted by atomic mass is 35.5. The van der Waals surface area contributed by atoms with Crippen molar-refractivity contribution in [3.63, 3.8) is 0 Å². The first-order valence-corrected chi connectivity index (χ1v) is 6.02. The average Bonchev–Trinajstić information content (AvgIpc) is 2.90. The van der Waals surface area contributed by atoms with E-state index < -0.39 is 22.5 Å². The van der Waals surface area contributed by atoms with Crippen LogP contribution in [0.15, 0.2) is 40.8 Å². The molecule has 2 aromatic rings. The summed E-state index contributed by atoms with van der Waals surface area (Å²) in [4.78, 5) is 21.3. The second-order valence-corrected chi connectivity index (χ2v) is 4.29. The van der Waals surface area contributed by atoms with Crippen LogP contribution in [0.25, 0.3) is 6.08 Å². The van der Waals surface area contributed by atoms with E-state index in [0.29, 0.717) is 5.69 Å². The SMILES string of the molecule is O=C(/C=C/c1ccc([N+](=O)[O-])o1)Nc1ccc(F)c(Cl)c1. The van der Waals surface area contributed by atoms with E-state index in [-0.39, 0.29) is 10.8 Å². The van der Waals surface area contributed by atoms with Crippen molar-refractivity contribution >= 4 is 35.2 Å². The Morgan fingerprint density at radius 1 is 1.38 bits per heavy atom. The highest BCUT2D eigenvalue weighted by molar-refractivity contribution is 6.31. The van der Waals surface area contributed by atoms with Gasteiger partial charge in [-0.2, -0.15) is 0 Å². The third-order valence-electron chi connectivity index (χ3n) is 2.38. The number of hydrogen-bond acceptors (Lipinski definition) is 4. The predicted molar refractivity (Wildman–Crippen MR) is 74.4 cm³/mol. The number of anilines is 1. The van der Waals surface area contributed by atoms with Crippen molar-refractivity contribution in [3.05, 3.63) is 63.1 Å². The summed E-state index contributed by atoms with van der Waals surface area (Å²) in [6.07, 6.45) is 2.40. The zero-order chi connectivity index (χ0) is 15.4. The molecule has 108 valence electrons. The van der Waals surface area contributed by atoms with Gasteiger partial charge in [0.25, 0.3) is 0 Å². The molecule has 8 heteroatoms. The number of rotatable bonds is 4. The number of carbonyl (C=O) groups is 1. The van der Waals surface area contributed by atoms with Crippen LogP contribution in [-0.4, -0.2) is 10.8 Å². The molecule has 0 radical (unpaired) electrons. The van der Waals surface area contributed by atoms with Crippen LogP contribution in [0.2, 0.25) is 5.02 Å². The summed E-state index contributed by atoms with van der Waals surface area (Å²) in [6, 6.07) is 6.27. The Morgan fingerprint density at radius 2 is 2.14 bits per heavy atom. The van der Waals surface area contributed by atoms with E-state index in [4.69, 9.17) is 16.0 Å². The van der Waals surface area contributed by atoms with E-state index in [9.17, 15) is 19.3 Å². The van der Waals surface area contributed by atoms with Crippen LogP contribution in [0.5, 0.6) is 0 Å². The van der Waals surface area contributed by atoms with Crippen LogP contribution in [0.4, 0.5) is 16.0 Å². The monoisotopic (exact) mass is 310 g/mol. The van der Waals surface area contributed by atoms with Crippen molar-refractivity contribution in [2.24, 2.45) is 0 Å². The Kier molecular flexibility index (Phi) is 4.34. The quantitative estimate of drug-likeness (QED) is 0.531. The molecular formula is C13H8ClFN2O4. The molecule has 6 nitrogen and oxygen atoms in total. The normalized spacial score (nSPS) is 10.8. The fourth-order valence-corrected chi connectivity index (χ4v) is 1.63. The van der Waals surface area contributed by atoms with Gasteiger partial charge in [0.15, 0.2) is 0 Å². The number of nitrogens with zero attached hydrogens (tertiary/aromatic N) is 1. The van der Waals surface area contributed by atoms with Crippen molar-refractivity contribution in [1.29, 1.82) is 0 Å². The first-order valence-electron chi connectivity index (χ1n) is 5.64. The maximum absolute atomic E-state index is 12.9. The van der Waals surface area contributed by atoms with Crippen molar-refractivity contribution in [2.75, 3.05) is 5.32 Å². The lowest BCUT2D eigenvalue weighted by atomic mass is 10.3. The van der Waals surface area contributed by atoms with Crippen LogP contribution in [0.1, 0.15) is 5.76 Å². The first kappa shape index (κ1) is 14.7. The highest BCUT2D eigenvalue weighted by Crippen LogP contribution is 2.20. The lowest BCUT2D eigenvalue weighted by molar-refractivity contribution is -0.402.